The molecule has 90 valence electrons. The van der Waals surface area contributed by atoms with E-state index in [1.807, 2.05) is 0 Å². The summed E-state index contributed by atoms with van der Waals surface area (Å²) < 4.78 is 0. The predicted octanol–water partition coefficient (Wildman–Crippen LogP) is 1.01. The van der Waals surface area contributed by atoms with Crippen LogP contribution >= 0.6 is 0 Å². The average Bonchev–Trinajstić information content (AvgIpc) is 2.18. The van der Waals surface area contributed by atoms with Gasteiger partial charge in [-0.1, -0.05) is 6.92 Å². The number of hydrogen-bond acceptors (Lipinski definition) is 3. The van der Waals surface area contributed by atoms with Gasteiger partial charge in [-0.25, -0.2) is 0 Å². The maximum Gasteiger partial charge on any atom is 0.0217 e. The fourth-order valence-electron chi connectivity index (χ4n) is 2.42. The molecular formula is C12H27N3. The van der Waals surface area contributed by atoms with Gasteiger partial charge in [-0.3, -0.25) is 0 Å². The normalized spacial score (nSPS) is 25.8. The Kier molecular flexibility index (Phi) is 5.58. The van der Waals surface area contributed by atoms with Gasteiger partial charge in [-0.05, 0) is 47.0 Å². The van der Waals surface area contributed by atoms with Crippen molar-refractivity contribution in [2.75, 3.05) is 40.3 Å². The highest BCUT2D eigenvalue weighted by molar-refractivity contribution is 4.79. The van der Waals surface area contributed by atoms with Gasteiger partial charge in [-0.15, -0.1) is 0 Å². The highest BCUT2D eigenvalue weighted by Gasteiger charge is 2.21. The molecule has 0 spiro atoms. The van der Waals surface area contributed by atoms with Crippen LogP contribution in [0.3, 0.4) is 0 Å². The van der Waals surface area contributed by atoms with Crippen LogP contribution in [-0.4, -0.2) is 62.2 Å². The van der Waals surface area contributed by atoms with E-state index in [9.17, 15) is 0 Å². The lowest BCUT2D eigenvalue weighted by molar-refractivity contribution is 0.125. The maximum absolute atomic E-state index is 3.48. The van der Waals surface area contributed by atoms with Gasteiger partial charge in [0.1, 0.15) is 0 Å². The zero-order valence-electron chi connectivity index (χ0n) is 10.8. The van der Waals surface area contributed by atoms with Crippen molar-refractivity contribution < 1.29 is 0 Å². The van der Waals surface area contributed by atoms with Gasteiger partial charge in [0.25, 0.3) is 0 Å². The zero-order chi connectivity index (χ0) is 11.3. The average molecular weight is 213 g/mol. The maximum atomic E-state index is 3.48. The molecule has 3 heteroatoms. The Morgan fingerprint density at radius 2 is 2.20 bits per heavy atom. The van der Waals surface area contributed by atoms with Crippen molar-refractivity contribution in [3.05, 3.63) is 0 Å². The Bertz CT molecular complexity index is 170. The third-order valence-corrected chi connectivity index (χ3v) is 3.30. The van der Waals surface area contributed by atoms with E-state index < -0.39 is 0 Å². The van der Waals surface area contributed by atoms with E-state index in [1.165, 1.54) is 32.5 Å². The van der Waals surface area contributed by atoms with Gasteiger partial charge in [0.15, 0.2) is 0 Å². The summed E-state index contributed by atoms with van der Waals surface area (Å²) in [5.74, 6) is 0. The molecule has 1 heterocycles. The van der Waals surface area contributed by atoms with Crippen molar-refractivity contribution in [1.82, 2.24) is 15.1 Å². The Morgan fingerprint density at radius 1 is 1.47 bits per heavy atom. The first-order valence-electron chi connectivity index (χ1n) is 6.25. The number of likely N-dealkylation sites (tertiary alicyclic amines) is 1. The summed E-state index contributed by atoms with van der Waals surface area (Å²) in [5.41, 5.74) is 0. The second-order valence-corrected chi connectivity index (χ2v) is 4.98. The molecule has 1 aliphatic rings. The van der Waals surface area contributed by atoms with Crippen molar-refractivity contribution >= 4 is 0 Å². The summed E-state index contributed by atoms with van der Waals surface area (Å²) in [6, 6.07) is 1.38. The molecule has 2 unspecified atom stereocenters. The largest absolute Gasteiger partial charge is 0.313 e. The van der Waals surface area contributed by atoms with Crippen LogP contribution in [0, 0.1) is 0 Å². The SMILES string of the molecule is CCNC(C)CN1CCCC(N(C)C)C1. The summed E-state index contributed by atoms with van der Waals surface area (Å²) >= 11 is 0. The summed E-state index contributed by atoms with van der Waals surface area (Å²) in [4.78, 5) is 4.96. The van der Waals surface area contributed by atoms with E-state index in [4.69, 9.17) is 0 Å². The van der Waals surface area contributed by atoms with Crippen LogP contribution in [0.4, 0.5) is 0 Å². The molecule has 1 saturated heterocycles. The van der Waals surface area contributed by atoms with E-state index >= 15 is 0 Å². The topological polar surface area (TPSA) is 18.5 Å². The van der Waals surface area contributed by atoms with Gasteiger partial charge in [0, 0.05) is 25.2 Å². The van der Waals surface area contributed by atoms with Crippen molar-refractivity contribution in [2.45, 2.75) is 38.8 Å². The minimum Gasteiger partial charge on any atom is -0.313 e. The second kappa shape index (κ2) is 6.46. The fourth-order valence-corrected chi connectivity index (χ4v) is 2.42. The van der Waals surface area contributed by atoms with Crippen molar-refractivity contribution in [2.24, 2.45) is 0 Å². The lowest BCUT2D eigenvalue weighted by atomic mass is 10.0. The van der Waals surface area contributed by atoms with Gasteiger partial charge >= 0.3 is 0 Å². The van der Waals surface area contributed by atoms with Crippen molar-refractivity contribution in [3.8, 4) is 0 Å². The molecule has 1 aliphatic heterocycles. The molecule has 0 aromatic rings. The van der Waals surface area contributed by atoms with E-state index in [2.05, 4.69) is 43.1 Å². The monoisotopic (exact) mass is 213 g/mol. The van der Waals surface area contributed by atoms with Gasteiger partial charge < -0.3 is 15.1 Å². The molecule has 1 fully saturated rings. The number of nitrogens with zero attached hydrogens (tertiary/aromatic N) is 2. The predicted molar refractivity (Wildman–Crippen MR) is 66.3 cm³/mol. The molecular weight excluding hydrogens is 186 g/mol. The molecule has 2 atom stereocenters. The summed E-state index contributed by atoms with van der Waals surface area (Å²) in [6.07, 6.45) is 2.71. The number of hydrogen-bond donors (Lipinski definition) is 1. The second-order valence-electron chi connectivity index (χ2n) is 4.98. The standard InChI is InChI=1S/C12H27N3/c1-5-13-11(2)9-15-8-6-7-12(10-15)14(3)4/h11-13H,5-10H2,1-4H3. The third kappa shape index (κ3) is 4.49. The minimum atomic E-state index is 0.621. The first kappa shape index (κ1) is 12.9. The summed E-state index contributed by atoms with van der Waals surface area (Å²) in [7, 11) is 4.39. The van der Waals surface area contributed by atoms with E-state index in [-0.39, 0.29) is 0 Å². The Hall–Kier alpha value is -0.120. The van der Waals surface area contributed by atoms with Crippen LogP contribution in [0.1, 0.15) is 26.7 Å². The molecule has 15 heavy (non-hydrogen) atoms. The van der Waals surface area contributed by atoms with Crippen LogP contribution in [0.15, 0.2) is 0 Å². The molecule has 0 aromatic carbocycles. The number of rotatable bonds is 5. The van der Waals surface area contributed by atoms with E-state index in [0.717, 1.165) is 12.6 Å². The van der Waals surface area contributed by atoms with Crippen LogP contribution < -0.4 is 5.32 Å². The van der Waals surface area contributed by atoms with Crippen molar-refractivity contribution in [1.29, 1.82) is 0 Å². The third-order valence-electron chi connectivity index (χ3n) is 3.30. The van der Waals surface area contributed by atoms with Gasteiger partial charge in [0.2, 0.25) is 0 Å². The highest BCUT2D eigenvalue weighted by atomic mass is 15.2. The number of nitrogens with one attached hydrogen (secondary N) is 1. The molecule has 1 rings (SSSR count). The van der Waals surface area contributed by atoms with Crippen molar-refractivity contribution in [3.63, 3.8) is 0 Å². The quantitative estimate of drug-likeness (QED) is 0.735. The van der Waals surface area contributed by atoms with Gasteiger partial charge in [0.05, 0.1) is 0 Å². The lowest BCUT2D eigenvalue weighted by Crippen LogP contribution is -2.49. The summed E-state index contributed by atoms with van der Waals surface area (Å²) in [5, 5.41) is 3.48. The fraction of sp³-hybridized carbons (Fsp3) is 1.00. The number of piperidine rings is 1. The molecule has 0 radical (unpaired) electrons. The Labute approximate surface area is 94.8 Å². The van der Waals surface area contributed by atoms with Crippen LogP contribution in [-0.2, 0) is 0 Å². The molecule has 0 saturated carbocycles. The minimum absolute atomic E-state index is 0.621. The van der Waals surface area contributed by atoms with E-state index in [0.29, 0.717) is 6.04 Å². The molecule has 0 bridgehead atoms. The van der Waals surface area contributed by atoms with Crippen LogP contribution in [0.2, 0.25) is 0 Å². The smallest absolute Gasteiger partial charge is 0.0217 e. The highest BCUT2D eigenvalue weighted by Crippen LogP contribution is 2.13. The first-order chi connectivity index (χ1) is 7.13. The summed E-state index contributed by atoms with van der Waals surface area (Å²) in [6.45, 7) is 9.24. The number of likely N-dealkylation sites (N-methyl/N-ethyl adjacent to an activating group) is 2. The van der Waals surface area contributed by atoms with Gasteiger partial charge in [-0.2, -0.15) is 0 Å². The molecule has 3 nitrogen and oxygen atoms in total. The van der Waals surface area contributed by atoms with Crippen LogP contribution in [0.5, 0.6) is 0 Å². The Balaban J connectivity index is 2.29. The molecule has 0 amide bonds. The Morgan fingerprint density at radius 3 is 2.80 bits per heavy atom. The van der Waals surface area contributed by atoms with E-state index in [1.54, 1.807) is 0 Å². The van der Waals surface area contributed by atoms with Crippen LogP contribution in [0.25, 0.3) is 0 Å². The molecule has 0 aromatic heterocycles. The molecule has 0 aliphatic carbocycles. The molecule has 1 N–H and O–H groups in total. The lowest BCUT2D eigenvalue weighted by Gasteiger charge is -2.37. The first-order valence-corrected chi connectivity index (χ1v) is 6.25. The zero-order valence-corrected chi connectivity index (χ0v) is 10.8.